The molecule has 0 atom stereocenters. The molecule has 1 heterocycles. The number of nitro benzene ring substituents is 1. The number of nitrogens with zero attached hydrogens (tertiary/aromatic N) is 2. The van der Waals surface area contributed by atoms with E-state index in [2.05, 4.69) is 9.97 Å². The molecule has 6 nitrogen and oxygen atoms in total. The smallest absolute Gasteiger partial charge is 0.277 e. The van der Waals surface area contributed by atoms with Crippen molar-refractivity contribution in [1.82, 2.24) is 9.97 Å². The minimum atomic E-state index is -0.522. The van der Waals surface area contributed by atoms with E-state index in [-0.39, 0.29) is 17.9 Å². The Labute approximate surface area is 78.4 Å². The molecule has 0 saturated heterocycles. The number of hydrogen-bond acceptors (Lipinski definition) is 4. The van der Waals surface area contributed by atoms with Gasteiger partial charge in [0.15, 0.2) is 0 Å². The number of aliphatic hydroxyl groups excluding tert-OH is 1. The molecule has 1 aromatic carbocycles. The molecule has 0 amide bonds. The molecule has 2 rings (SSSR count). The van der Waals surface area contributed by atoms with Crippen LogP contribution in [0.1, 0.15) is 5.56 Å². The molecule has 0 radical (unpaired) electrons. The zero-order valence-corrected chi connectivity index (χ0v) is 7.10. The molecule has 2 N–H and O–H groups in total. The van der Waals surface area contributed by atoms with Crippen LogP contribution in [0.4, 0.5) is 5.69 Å². The summed E-state index contributed by atoms with van der Waals surface area (Å²) in [7, 11) is 0. The highest BCUT2D eigenvalue weighted by molar-refractivity contribution is 5.78. The van der Waals surface area contributed by atoms with Crippen LogP contribution in [0.3, 0.4) is 0 Å². The molecule has 0 fully saturated rings. The third-order valence-corrected chi connectivity index (χ3v) is 1.99. The van der Waals surface area contributed by atoms with Gasteiger partial charge in [0, 0.05) is 6.07 Å². The van der Waals surface area contributed by atoms with Gasteiger partial charge in [0.1, 0.15) is 0 Å². The summed E-state index contributed by atoms with van der Waals surface area (Å²) in [6, 6.07) is 2.87. The Morgan fingerprint density at radius 2 is 2.36 bits per heavy atom. The highest BCUT2D eigenvalue weighted by atomic mass is 16.6. The highest BCUT2D eigenvalue weighted by Crippen LogP contribution is 2.23. The van der Waals surface area contributed by atoms with Gasteiger partial charge in [0.25, 0.3) is 5.69 Å². The predicted molar refractivity (Wildman–Crippen MR) is 48.7 cm³/mol. The zero-order valence-electron chi connectivity index (χ0n) is 7.10. The standard InChI is InChI=1S/C8H7N3O3/c12-3-5-1-6-7(10-4-9-6)2-8(5)11(13)14/h1-2,4,12H,3H2,(H,9,10). The van der Waals surface area contributed by atoms with E-state index in [1.165, 1.54) is 18.5 Å². The molecule has 0 saturated carbocycles. The van der Waals surface area contributed by atoms with Crippen molar-refractivity contribution < 1.29 is 10.0 Å². The summed E-state index contributed by atoms with van der Waals surface area (Å²) in [5.41, 5.74) is 1.38. The van der Waals surface area contributed by atoms with Gasteiger partial charge in [-0.15, -0.1) is 0 Å². The maximum Gasteiger partial charge on any atom is 0.277 e. The third-order valence-electron chi connectivity index (χ3n) is 1.99. The van der Waals surface area contributed by atoms with Gasteiger partial charge in [0.2, 0.25) is 0 Å². The van der Waals surface area contributed by atoms with Crippen molar-refractivity contribution in [3.63, 3.8) is 0 Å². The predicted octanol–water partition coefficient (Wildman–Crippen LogP) is 0.963. The largest absolute Gasteiger partial charge is 0.391 e. The van der Waals surface area contributed by atoms with Gasteiger partial charge in [-0.05, 0) is 6.07 Å². The van der Waals surface area contributed by atoms with E-state index < -0.39 is 4.92 Å². The van der Waals surface area contributed by atoms with Gasteiger partial charge < -0.3 is 10.1 Å². The molecule has 6 heteroatoms. The number of benzene rings is 1. The first-order valence-corrected chi connectivity index (χ1v) is 3.93. The van der Waals surface area contributed by atoms with Crippen molar-refractivity contribution in [3.05, 3.63) is 34.1 Å². The molecule has 72 valence electrons. The molecule has 14 heavy (non-hydrogen) atoms. The van der Waals surface area contributed by atoms with Crippen LogP contribution >= 0.6 is 0 Å². The van der Waals surface area contributed by atoms with Crippen LogP contribution in [0.2, 0.25) is 0 Å². The van der Waals surface area contributed by atoms with Gasteiger partial charge in [0.05, 0.1) is 34.5 Å². The molecule has 0 aliphatic heterocycles. The first-order chi connectivity index (χ1) is 6.72. The Balaban J connectivity index is 2.72. The first-order valence-electron chi connectivity index (χ1n) is 3.93. The lowest BCUT2D eigenvalue weighted by atomic mass is 10.1. The summed E-state index contributed by atoms with van der Waals surface area (Å²) in [5, 5.41) is 19.5. The van der Waals surface area contributed by atoms with Crippen LogP contribution in [0, 0.1) is 10.1 Å². The number of imidazole rings is 1. The Kier molecular flexibility index (Phi) is 1.90. The minimum absolute atomic E-state index is 0.0933. The van der Waals surface area contributed by atoms with Gasteiger partial charge in [-0.2, -0.15) is 0 Å². The van der Waals surface area contributed by atoms with Crippen molar-refractivity contribution in [1.29, 1.82) is 0 Å². The Hall–Kier alpha value is -1.95. The maximum atomic E-state index is 10.6. The van der Waals surface area contributed by atoms with Crippen molar-refractivity contribution in [2.75, 3.05) is 0 Å². The summed E-state index contributed by atoms with van der Waals surface area (Å²) < 4.78 is 0. The van der Waals surface area contributed by atoms with Crippen molar-refractivity contribution in [3.8, 4) is 0 Å². The molecular weight excluding hydrogens is 186 g/mol. The second-order valence-electron chi connectivity index (χ2n) is 2.82. The van der Waals surface area contributed by atoms with E-state index in [1.807, 2.05) is 0 Å². The lowest BCUT2D eigenvalue weighted by Gasteiger charge is -1.98. The first kappa shape index (κ1) is 8.64. The summed E-state index contributed by atoms with van der Waals surface area (Å²) >= 11 is 0. The third kappa shape index (κ3) is 1.21. The lowest BCUT2D eigenvalue weighted by molar-refractivity contribution is -0.385. The summed E-state index contributed by atoms with van der Waals surface area (Å²) in [6.07, 6.45) is 1.45. The Morgan fingerprint density at radius 1 is 1.57 bits per heavy atom. The van der Waals surface area contributed by atoms with Crippen molar-refractivity contribution in [2.45, 2.75) is 6.61 Å². The van der Waals surface area contributed by atoms with E-state index in [1.54, 1.807) is 0 Å². The fourth-order valence-electron chi connectivity index (χ4n) is 1.31. The van der Waals surface area contributed by atoms with Crippen LogP contribution in [0.25, 0.3) is 11.0 Å². The average molecular weight is 193 g/mol. The zero-order chi connectivity index (χ0) is 10.1. The number of rotatable bonds is 2. The molecular formula is C8H7N3O3. The number of aromatic nitrogens is 2. The van der Waals surface area contributed by atoms with Crippen LogP contribution in [-0.4, -0.2) is 20.0 Å². The highest BCUT2D eigenvalue weighted by Gasteiger charge is 2.14. The van der Waals surface area contributed by atoms with Crippen molar-refractivity contribution in [2.24, 2.45) is 0 Å². The number of nitrogens with one attached hydrogen (secondary N) is 1. The fourth-order valence-corrected chi connectivity index (χ4v) is 1.31. The second-order valence-corrected chi connectivity index (χ2v) is 2.82. The quantitative estimate of drug-likeness (QED) is 0.548. The van der Waals surface area contributed by atoms with Crippen LogP contribution in [0.15, 0.2) is 18.5 Å². The number of aromatic amines is 1. The number of aliphatic hydroxyl groups is 1. The van der Waals surface area contributed by atoms with E-state index in [4.69, 9.17) is 5.11 Å². The summed E-state index contributed by atoms with van der Waals surface area (Å²) in [4.78, 5) is 16.8. The van der Waals surface area contributed by atoms with E-state index in [0.29, 0.717) is 11.0 Å². The van der Waals surface area contributed by atoms with Gasteiger partial charge in [-0.25, -0.2) is 4.98 Å². The maximum absolute atomic E-state index is 10.6. The number of H-pyrrole nitrogens is 1. The molecule has 2 aromatic rings. The van der Waals surface area contributed by atoms with Gasteiger partial charge in [-0.3, -0.25) is 10.1 Å². The van der Waals surface area contributed by atoms with Gasteiger partial charge in [-0.1, -0.05) is 0 Å². The molecule has 0 spiro atoms. The SMILES string of the molecule is O=[N+]([O-])c1cc2[nH]cnc2cc1CO. The molecule has 0 aliphatic rings. The molecule has 0 unspecified atom stereocenters. The van der Waals surface area contributed by atoms with E-state index in [9.17, 15) is 10.1 Å². The molecule has 0 bridgehead atoms. The molecule has 0 aliphatic carbocycles. The summed E-state index contributed by atoms with van der Waals surface area (Å²) in [6.45, 7) is -0.362. The van der Waals surface area contributed by atoms with Crippen molar-refractivity contribution >= 4 is 16.7 Å². The number of fused-ring (bicyclic) bond motifs is 1. The minimum Gasteiger partial charge on any atom is -0.391 e. The number of hydrogen-bond donors (Lipinski definition) is 2. The second kappa shape index (κ2) is 3.08. The monoisotopic (exact) mass is 193 g/mol. The van der Waals surface area contributed by atoms with E-state index >= 15 is 0 Å². The van der Waals surface area contributed by atoms with Crippen LogP contribution in [-0.2, 0) is 6.61 Å². The topological polar surface area (TPSA) is 92.0 Å². The Morgan fingerprint density at radius 3 is 3.00 bits per heavy atom. The van der Waals surface area contributed by atoms with Crippen LogP contribution in [0.5, 0.6) is 0 Å². The number of nitro groups is 1. The molecule has 1 aromatic heterocycles. The van der Waals surface area contributed by atoms with Gasteiger partial charge >= 0.3 is 0 Å². The average Bonchev–Trinajstić information content (AvgIpc) is 2.62. The Bertz CT molecular complexity index is 492. The lowest BCUT2D eigenvalue weighted by Crippen LogP contribution is -1.95. The fraction of sp³-hybridized carbons (Fsp3) is 0.125. The van der Waals surface area contributed by atoms with E-state index in [0.717, 1.165) is 0 Å². The van der Waals surface area contributed by atoms with Crippen LogP contribution < -0.4 is 0 Å². The summed E-state index contributed by atoms with van der Waals surface area (Å²) in [5.74, 6) is 0. The normalized spacial score (nSPS) is 10.6.